The van der Waals surface area contributed by atoms with Crippen LogP contribution in [0.15, 0.2) is 11.6 Å². The number of ether oxygens (including phenoxy) is 1. The molecule has 0 radical (unpaired) electrons. The first-order valence-electron chi connectivity index (χ1n) is 4.67. The smallest absolute Gasteiger partial charge is 0.333 e. The van der Waals surface area contributed by atoms with Crippen molar-refractivity contribution in [2.75, 3.05) is 13.2 Å². The Morgan fingerprint density at radius 3 is 2.57 bits per heavy atom. The summed E-state index contributed by atoms with van der Waals surface area (Å²) in [7, 11) is 0. The van der Waals surface area contributed by atoms with Gasteiger partial charge in [-0.2, -0.15) is 0 Å². The molecule has 0 aromatic rings. The average Bonchev–Trinajstić information content (AvgIpc) is 2.16. The molecular weight excluding hydrogens is 184 g/mol. The Hall–Kier alpha value is -0.870. The molecule has 0 aromatic carbocycles. The molecule has 4 heteroatoms. The first-order chi connectivity index (χ1) is 6.52. The fraction of sp³-hybridized carbons (Fsp3) is 0.700. The minimum Gasteiger partial charge on any atom is -0.463 e. The van der Waals surface area contributed by atoms with E-state index in [4.69, 9.17) is 9.84 Å². The van der Waals surface area contributed by atoms with Crippen molar-refractivity contribution in [3.05, 3.63) is 11.6 Å². The van der Waals surface area contributed by atoms with Crippen molar-refractivity contribution in [3.8, 4) is 0 Å². The molecule has 0 unspecified atom stereocenters. The number of esters is 1. The van der Waals surface area contributed by atoms with Crippen molar-refractivity contribution in [1.82, 2.24) is 0 Å². The van der Waals surface area contributed by atoms with Crippen molar-refractivity contribution in [1.29, 1.82) is 0 Å². The first kappa shape index (κ1) is 13.1. The lowest BCUT2D eigenvalue weighted by Gasteiger charge is -2.13. The van der Waals surface area contributed by atoms with E-state index in [0.717, 1.165) is 0 Å². The summed E-state index contributed by atoms with van der Waals surface area (Å²) >= 11 is 0. The summed E-state index contributed by atoms with van der Waals surface area (Å²) < 4.78 is 4.77. The van der Waals surface area contributed by atoms with Crippen LogP contribution in [0.2, 0.25) is 0 Å². The first-order valence-corrected chi connectivity index (χ1v) is 4.67. The maximum atomic E-state index is 11.2. The van der Waals surface area contributed by atoms with Crippen molar-refractivity contribution in [2.45, 2.75) is 26.9 Å². The monoisotopic (exact) mass is 202 g/mol. The molecule has 0 bridgehead atoms. The molecule has 2 N–H and O–H groups in total. The number of rotatable bonds is 5. The van der Waals surface area contributed by atoms with E-state index in [1.807, 2.05) is 0 Å². The Kier molecular flexibility index (Phi) is 6.16. The van der Waals surface area contributed by atoms with Gasteiger partial charge >= 0.3 is 5.97 Å². The molecule has 0 saturated carbocycles. The van der Waals surface area contributed by atoms with E-state index in [0.29, 0.717) is 12.2 Å². The predicted molar refractivity (Wildman–Crippen MR) is 52.6 cm³/mol. The lowest BCUT2D eigenvalue weighted by atomic mass is 10.0. The summed E-state index contributed by atoms with van der Waals surface area (Å²) in [6.45, 7) is 5.11. The fourth-order valence-corrected chi connectivity index (χ4v) is 0.985. The molecule has 0 aliphatic carbocycles. The Morgan fingerprint density at radius 2 is 2.14 bits per heavy atom. The van der Waals surface area contributed by atoms with E-state index >= 15 is 0 Å². The van der Waals surface area contributed by atoms with Gasteiger partial charge in [-0.3, -0.25) is 0 Å². The number of hydrogen-bond donors (Lipinski definition) is 2. The zero-order chi connectivity index (χ0) is 11.1. The molecule has 2 atom stereocenters. The van der Waals surface area contributed by atoms with Crippen LogP contribution in [0.1, 0.15) is 20.8 Å². The molecule has 0 heterocycles. The van der Waals surface area contributed by atoms with Crippen LogP contribution in [-0.4, -0.2) is 35.5 Å². The number of carbonyl (C=O) groups excluding carboxylic acids is 1. The lowest BCUT2D eigenvalue weighted by Crippen LogP contribution is -2.21. The summed E-state index contributed by atoms with van der Waals surface area (Å²) in [5.74, 6) is -0.645. The number of aliphatic hydroxyl groups excluding tert-OH is 2. The van der Waals surface area contributed by atoms with Crippen LogP contribution in [0.4, 0.5) is 0 Å². The van der Waals surface area contributed by atoms with E-state index in [2.05, 4.69) is 0 Å². The second kappa shape index (κ2) is 6.56. The highest BCUT2D eigenvalue weighted by atomic mass is 16.5. The molecular formula is C10H18O4. The zero-order valence-electron chi connectivity index (χ0n) is 8.86. The molecule has 0 fully saturated rings. The Bertz CT molecular complexity index is 210. The van der Waals surface area contributed by atoms with Gasteiger partial charge in [0, 0.05) is 11.5 Å². The van der Waals surface area contributed by atoms with Crippen molar-refractivity contribution in [2.24, 2.45) is 5.92 Å². The molecule has 0 aliphatic rings. The maximum Gasteiger partial charge on any atom is 0.333 e. The summed E-state index contributed by atoms with van der Waals surface area (Å²) in [6.07, 6.45) is 0.762. The molecule has 0 aromatic heterocycles. The lowest BCUT2D eigenvalue weighted by molar-refractivity contribution is -0.138. The second-order valence-electron chi connectivity index (χ2n) is 3.18. The third-order valence-corrected chi connectivity index (χ3v) is 1.90. The SMILES string of the molecule is CCOC(=O)/C(C)=C/[C@@H](C)[C@@H](O)CO. The minimum atomic E-state index is -0.834. The number of aliphatic hydroxyl groups is 2. The molecule has 0 rings (SSSR count). The van der Waals surface area contributed by atoms with Gasteiger partial charge in [0.25, 0.3) is 0 Å². The van der Waals surface area contributed by atoms with E-state index in [9.17, 15) is 9.90 Å². The topological polar surface area (TPSA) is 66.8 Å². The van der Waals surface area contributed by atoms with Crippen LogP contribution >= 0.6 is 0 Å². The van der Waals surface area contributed by atoms with Gasteiger partial charge in [-0.25, -0.2) is 4.79 Å². The van der Waals surface area contributed by atoms with E-state index in [1.54, 1.807) is 26.8 Å². The van der Waals surface area contributed by atoms with Crippen molar-refractivity contribution < 1.29 is 19.7 Å². The zero-order valence-corrected chi connectivity index (χ0v) is 8.86. The molecule has 4 nitrogen and oxygen atoms in total. The Labute approximate surface area is 84.2 Å². The van der Waals surface area contributed by atoms with Gasteiger partial charge < -0.3 is 14.9 Å². The van der Waals surface area contributed by atoms with Gasteiger partial charge in [-0.15, -0.1) is 0 Å². The summed E-state index contributed by atoms with van der Waals surface area (Å²) in [6, 6.07) is 0. The standard InChI is InChI=1S/C10H18O4/c1-4-14-10(13)8(3)5-7(2)9(12)6-11/h5,7,9,11-12H,4,6H2,1-3H3/b8-5+/t7-,9+/m1/s1. The highest BCUT2D eigenvalue weighted by molar-refractivity contribution is 5.87. The molecule has 0 amide bonds. The molecule has 0 aliphatic heterocycles. The quantitative estimate of drug-likeness (QED) is 0.503. The largest absolute Gasteiger partial charge is 0.463 e. The van der Waals surface area contributed by atoms with Gasteiger partial charge in [-0.05, 0) is 13.8 Å². The highest BCUT2D eigenvalue weighted by Crippen LogP contribution is 2.08. The summed E-state index contributed by atoms with van der Waals surface area (Å²) in [4.78, 5) is 11.2. The van der Waals surface area contributed by atoms with E-state index in [1.165, 1.54) is 0 Å². The van der Waals surface area contributed by atoms with Crippen LogP contribution in [0.5, 0.6) is 0 Å². The van der Waals surface area contributed by atoms with Crippen molar-refractivity contribution >= 4 is 5.97 Å². The van der Waals surface area contributed by atoms with Gasteiger partial charge in [0.15, 0.2) is 0 Å². The van der Waals surface area contributed by atoms with Gasteiger partial charge in [0.05, 0.1) is 19.3 Å². The number of hydrogen-bond acceptors (Lipinski definition) is 4. The van der Waals surface area contributed by atoms with Gasteiger partial charge in [0.1, 0.15) is 0 Å². The van der Waals surface area contributed by atoms with E-state index in [-0.39, 0.29) is 18.5 Å². The predicted octanol–water partition coefficient (Wildman–Crippen LogP) is 0.485. The minimum absolute atomic E-state index is 0.260. The molecule has 0 saturated heterocycles. The number of carbonyl (C=O) groups is 1. The summed E-state index contributed by atoms with van der Waals surface area (Å²) in [5.41, 5.74) is 0.451. The summed E-state index contributed by atoms with van der Waals surface area (Å²) in [5, 5.41) is 17.9. The van der Waals surface area contributed by atoms with E-state index < -0.39 is 6.10 Å². The molecule has 82 valence electrons. The average molecular weight is 202 g/mol. The third-order valence-electron chi connectivity index (χ3n) is 1.90. The molecule has 14 heavy (non-hydrogen) atoms. The van der Waals surface area contributed by atoms with Crippen molar-refractivity contribution in [3.63, 3.8) is 0 Å². The maximum absolute atomic E-state index is 11.2. The second-order valence-corrected chi connectivity index (χ2v) is 3.18. The Morgan fingerprint density at radius 1 is 1.57 bits per heavy atom. The normalized spacial score (nSPS) is 16.2. The van der Waals surface area contributed by atoms with Crippen LogP contribution in [0.25, 0.3) is 0 Å². The van der Waals surface area contributed by atoms with Crippen LogP contribution in [-0.2, 0) is 9.53 Å². The van der Waals surface area contributed by atoms with Gasteiger partial charge in [-0.1, -0.05) is 13.0 Å². The molecule has 0 spiro atoms. The highest BCUT2D eigenvalue weighted by Gasteiger charge is 2.13. The van der Waals surface area contributed by atoms with Crippen LogP contribution < -0.4 is 0 Å². The fourth-order valence-electron chi connectivity index (χ4n) is 0.985. The third kappa shape index (κ3) is 4.39. The van der Waals surface area contributed by atoms with Crippen LogP contribution in [0.3, 0.4) is 0 Å². The van der Waals surface area contributed by atoms with Crippen LogP contribution in [0, 0.1) is 5.92 Å². The van der Waals surface area contributed by atoms with Gasteiger partial charge in [0.2, 0.25) is 0 Å². The Balaban J connectivity index is 4.27.